The van der Waals surface area contributed by atoms with Crippen molar-refractivity contribution in [1.29, 1.82) is 0 Å². The first kappa shape index (κ1) is 13.0. The van der Waals surface area contributed by atoms with E-state index in [1.54, 1.807) is 18.2 Å². The summed E-state index contributed by atoms with van der Waals surface area (Å²) in [6.07, 6.45) is -1.11. The number of carbonyl (C=O) groups excluding carboxylic acids is 1. The van der Waals surface area contributed by atoms with Gasteiger partial charge in [0.05, 0.1) is 17.8 Å². The Kier molecular flexibility index (Phi) is 3.41. The van der Waals surface area contributed by atoms with Crippen molar-refractivity contribution >= 4 is 15.8 Å². The number of fused-ring (bicyclic) bond motifs is 1. The average Bonchev–Trinajstić information content (AvgIpc) is 2.37. The number of esters is 1. The zero-order valence-corrected chi connectivity index (χ0v) is 10.7. The van der Waals surface area contributed by atoms with Crippen LogP contribution in [0, 0.1) is 0 Å². The molecule has 1 heterocycles. The minimum atomic E-state index is -3.30. The normalized spacial score (nSPS) is 22.9. The number of hydrogen-bond acceptors (Lipinski definition) is 5. The quantitative estimate of drug-likeness (QED) is 0.791. The fourth-order valence-corrected chi connectivity index (χ4v) is 3.88. The largest absolute Gasteiger partial charge is 0.467 e. The molecule has 1 aliphatic rings. The van der Waals surface area contributed by atoms with E-state index in [1.165, 1.54) is 13.2 Å². The second kappa shape index (κ2) is 4.70. The molecule has 0 amide bonds. The summed E-state index contributed by atoms with van der Waals surface area (Å²) in [5.41, 5.74) is 0.488. The molecule has 0 bridgehead atoms. The van der Waals surface area contributed by atoms with Gasteiger partial charge in [-0.15, -0.1) is 0 Å². The summed E-state index contributed by atoms with van der Waals surface area (Å²) in [4.78, 5) is 11.6. The van der Waals surface area contributed by atoms with Gasteiger partial charge in [0, 0.05) is 5.92 Å². The molecule has 1 N–H and O–H groups in total. The van der Waals surface area contributed by atoms with Crippen LogP contribution in [0.4, 0.5) is 0 Å². The molecule has 98 valence electrons. The minimum Gasteiger partial charge on any atom is -0.467 e. The fourth-order valence-electron chi connectivity index (χ4n) is 2.23. The predicted molar refractivity (Wildman–Crippen MR) is 63.9 cm³/mol. The van der Waals surface area contributed by atoms with Crippen molar-refractivity contribution in [2.75, 3.05) is 12.9 Å². The van der Waals surface area contributed by atoms with E-state index in [0.717, 1.165) is 0 Å². The second-order valence-electron chi connectivity index (χ2n) is 4.22. The molecule has 1 aliphatic heterocycles. The molecule has 0 spiro atoms. The van der Waals surface area contributed by atoms with Crippen LogP contribution in [0.2, 0.25) is 0 Å². The first-order chi connectivity index (χ1) is 8.47. The van der Waals surface area contributed by atoms with Crippen LogP contribution in [0.15, 0.2) is 29.2 Å². The highest BCUT2D eigenvalue weighted by atomic mass is 32.2. The van der Waals surface area contributed by atoms with E-state index in [2.05, 4.69) is 4.74 Å². The molecule has 5 nitrogen and oxygen atoms in total. The van der Waals surface area contributed by atoms with Crippen molar-refractivity contribution < 1.29 is 23.1 Å². The second-order valence-corrected chi connectivity index (χ2v) is 6.30. The number of sulfone groups is 1. The zero-order chi connectivity index (χ0) is 13.3. The topological polar surface area (TPSA) is 80.7 Å². The maximum Gasteiger partial charge on any atom is 0.335 e. The van der Waals surface area contributed by atoms with Gasteiger partial charge in [-0.05, 0) is 18.1 Å². The van der Waals surface area contributed by atoms with Gasteiger partial charge >= 0.3 is 5.97 Å². The van der Waals surface area contributed by atoms with Crippen LogP contribution in [0.25, 0.3) is 0 Å². The summed E-state index contributed by atoms with van der Waals surface area (Å²) < 4.78 is 28.3. The fraction of sp³-hybridized carbons (Fsp3) is 0.417. The predicted octanol–water partition coefficient (Wildman–Crippen LogP) is 0.482. The number of methoxy groups -OCH3 is 1. The van der Waals surface area contributed by atoms with E-state index < -0.39 is 27.8 Å². The molecule has 0 aromatic heterocycles. The van der Waals surface area contributed by atoms with Gasteiger partial charge < -0.3 is 9.84 Å². The maximum absolute atomic E-state index is 11.9. The summed E-state index contributed by atoms with van der Waals surface area (Å²) in [6.45, 7) is 0. The number of aliphatic hydroxyl groups excluding tert-OH is 1. The lowest BCUT2D eigenvalue weighted by molar-refractivity contribution is -0.151. The SMILES string of the molecule is COC(=O)C(O)C1CCS(=O)(=O)c2ccccc21. The Balaban J connectivity index is 2.46. The van der Waals surface area contributed by atoms with E-state index in [-0.39, 0.29) is 17.1 Å². The van der Waals surface area contributed by atoms with Crippen molar-refractivity contribution in [3.05, 3.63) is 29.8 Å². The van der Waals surface area contributed by atoms with Crippen molar-refractivity contribution in [3.63, 3.8) is 0 Å². The van der Waals surface area contributed by atoms with E-state index in [0.29, 0.717) is 5.56 Å². The summed E-state index contributed by atoms with van der Waals surface area (Å²) in [5.74, 6) is -1.34. The molecule has 0 aliphatic carbocycles. The van der Waals surface area contributed by atoms with Crippen molar-refractivity contribution in [3.8, 4) is 0 Å². The van der Waals surface area contributed by atoms with Crippen molar-refractivity contribution in [2.45, 2.75) is 23.3 Å². The van der Waals surface area contributed by atoms with E-state index in [1.807, 2.05) is 0 Å². The number of ether oxygens (including phenoxy) is 1. The van der Waals surface area contributed by atoms with Gasteiger partial charge in [0.2, 0.25) is 0 Å². The number of hydrogen-bond donors (Lipinski definition) is 1. The van der Waals surface area contributed by atoms with Gasteiger partial charge in [0.25, 0.3) is 0 Å². The summed E-state index contributed by atoms with van der Waals surface area (Å²) in [6, 6.07) is 6.45. The van der Waals surface area contributed by atoms with Crippen LogP contribution in [0.5, 0.6) is 0 Å². The summed E-state index contributed by atoms with van der Waals surface area (Å²) in [5, 5.41) is 9.89. The van der Waals surface area contributed by atoms with Gasteiger partial charge in [-0.2, -0.15) is 0 Å². The third kappa shape index (κ3) is 2.13. The van der Waals surface area contributed by atoms with Crippen LogP contribution in [0.1, 0.15) is 17.9 Å². The molecule has 0 saturated heterocycles. The maximum atomic E-state index is 11.9. The molecule has 0 radical (unpaired) electrons. The Bertz CT molecular complexity index is 564. The van der Waals surface area contributed by atoms with Crippen molar-refractivity contribution in [1.82, 2.24) is 0 Å². The molecule has 18 heavy (non-hydrogen) atoms. The molecular formula is C12H14O5S. The monoisotopic (exact) mass is 270 g/mol. The molecule has 1 aromatic carbocycles. The highest BCUT2D eigenvalue weighted by molar-refractivity contribution is 7.91. The van der Waals surface area contributed by atoms with E-state index in [4.69, 9.17) is 0 Å². The molecule has 0 fully saturated rings. The van der Waals surface area contributed by atoms with Crippen molar-refractivity contribution in [2.24, 2.45) is 0 Å². The van der Waals surface area contributed by atoms with Gasteiger partial charge in [-0.25, -0.2) is 13.2 Å². The Morgan fingerprint density at radius 3 is 2.78 bits per heavy atom. The first-order valence-corrected chi connectivity index (χ1v) is 7.20. The molecule has 6 heteroatoms. The number of aliphatic hydroxyl groups is 1. The number of carbonyl (C=O) groups is 1. The highest BCUT2D eigenvalue weighted by Gasteiger charge is 2.37. The van der Waals surface area contributed by atoms with Gasteiger partial charge in [-0.1, -0.05) is 18.2 Å². The number of rotatable bonds is 2. The van der Waals surface area contributed by atoms with Crippen LogP contribution < -0.4 is 0 Å². The molecule has 2 unspecified atom stereocenters. The standard InChI is InChI=1S/C12H14O5S/c1-17-12(14)11(13)9-6-7-18(15,16)10-5-3-2-4-8(9)10/h2-5,9,11,13H,6-7H2,1H3. The van der Waals surface area contributed by atoms with E-state index in [9.17, 15) is 18.3 Å². The van der Waals surface area contributed by atoms with Gasteiger partial charge in [-0.3, -0.25) is 0 Å². The smallest absolute Gasteiger partial charge is 0.335 e. The Labute approximate surface area is 105 Å². The molecule has 2 atom stereocenters. The lowest BCUT2D eigenvalue weighted by atomic mass is 9.90. The van der Waals surface area contributed by atoms with E-state index >= 15 is 0 Å². The summed E-state index contributed by atoms with van der Waals surface area (Å²) >= 11 is 0. The van der Waals surface area contributed by atoms with Crippen LogP contribution in [-0.2, 0) is 19.4 Å². The average molecular weight is 270 g/mol. The third-order valence-electron chi connectivity index (χ3n) is 3.17. The lowest BCUT2D eigenvalue weighted by Gasteiger charge is -2.27. The molecule has 1 aromatic rings. The molecular weight excluding hydrogens is 256 g/mol. The van der Waals surface area contributed by atoms with Gasteiger partial charge in [0.15, 0.2) is 15.9 Å². The van der Waals surface area contributed by atoms with Crippen LogP contribution >= 0.6 is 0 Å². The highest BCUT2D eigenvalue weighted by Crippen LogP contribution is 2.35. The van der Waals surface area contributed by atoms with Gasteiger partial charge in [0.1, 0.15) is 0 Å². The minimum absolute atomic E-state index is 0.0667. The Morgan fingerprint density at radius 1 is 1.44 bits per heavy atom. The molecule has 0 saturated carbocycles. The first-order valence-electron chi connectivity index (χ1n) is 5.55. The zero-order valence-electron chi connectivity index (χ0n) is 9.87. The summed E-state index contributed by atoms with van der Waals surface area (Å²) in [7, 11) is -2.11. The van der Waals surface area contributed by atoms with Crippen LogP contribution in [0.3, 0.4) is 0 Å². The number of benzene rings is 1. The molecule has 2 rings (SSSR count). The van der Waals surface area contributed by atoms with Crippen LogP contribution in [-0.4, -0.2) is 38.5 Å². The Morgan fingerprint density at radius 2 is 2.11 bits per heavy atom. The Hall–Kier alpha value is -1.40. The third-order valence-corrected chi connectivity index (χ3v) is 4.99. The lowest BCUT2D eigenvalue weighted by Crippen LogP contribution is -2.34.